The molecule has 0 radical (unpaired) electrons. The van der Waals surface area contributed by atoms with E-state index in [0.29, 0.717) is 0 Å². The zero-order valence-electron chi connectivity index (χ0n) is 9.50. The van der Waals surface area contributed by atoms with E-state index in [-0.39, 0.29) is 0 Å². The number of hydrogen-bond donors (Lipinski definition) is 1. The second-order valence-corrected chi connectivity index (χ2v) is 5.67. The number of halogens is 2. The van der Waals surface area contributed by atoms with Crippen molar-refractivity contribution in [1.29, 1.82) is 0 Å². The van der Waals surface area contributed by atoms with Gasteiger partial charge >= 0.3 is 0 Å². The predicted octanol–water partition coefficient (Wildman–Crippen LogP) is 5.13. The van der Waals surface area contributed by atoms with Crippen LogP contribution in [0.5, 0.6) is 0 Å². The average molecular weight is 355 g/mol. The zero-order valence-corrected chi connectivity index (χ0v) is 12.7. The van der Waals surface area contributed by atoms with Crippen LogP contribution in [-0.4, -0.2) is 0 Å². The highest BCUT2D eigenvalue weighted by atomic mass is 79.9. The van der Waals surface area contributed by atoms with Crippen molar-refractivity contribution in [2.75, 3.05) is 5.32 Å². The summed E-state index contributed by atoms with van der Waals surface area (Å²) in [5.74, 6) is 0. The molecular weight excluding hydrogens is 342 g/mol. The standard InChI is InChI=1S/C14H13Br2N/c1-10-13(16)6-3-7-14(10)17-9-11-4-2-5-12(15)8-11/h2-8,17H,9H2,1H3. The molecule has 0 aliphatic carbocycles. The molecule has 1 nitrogen and oxygen atoms in total. The number of hydrogen-bond acceptors (Lipinski definition) is 1. The van der Waals surface area contributed by atoms with Crippen LogP contribution in [0.1, 0.15) is 11.1 Å². The van der Waals surface area contributed by atoms with Crippen molar-refractivity contribution in [2.45, 2.75) is 13.5 Å². The Labute approximate surface area is 119 Å². The van der Waals surface area contributed by atoms with Crippen LogP contribution in [0.25, 0.3) is 0 Å². The average Bonchev–Trinajstić information content (AvgIpc) is 2.31. The Morgan fingerprint density at radius 2 is 1.82 bits per heavy atom. The molecule has 17 heavy (non-hydrogen) atoms. The molecule has 0 fully saturated rings. The minimum atomic E-state index is 0.830. The van der Waals surface area contributed by atoms with Gasteiger partial charge in [0.2, 0.25) is 0 Å². The van der Waals surface area contributed by atoms with E-state index in [4.69, 9.17) is 0 Å². The quantitative estimate of drug-likeness (QED) is 0.805. The number of nitrogens with one attached hydrogen (secondary N) is 1. The Morgan fingerprint density at radius 3 is 2.59 bits per heavy atom. The Kier molecular flexibility index (Phi) is 4.24. The van der Waals surface area contributed by atoms with Crippen LogP contribution in [0.4, 0.5) is 5.69 Å². The van der Waals surface area contributed by atoms with E-state index in [1.54, 1.807) is 0 Å². The van der Waals surface area contributed by atoms with Gasteiger partial charge in [0.1, 0.15) is 0 Å². The fraction of sp³-hybridized carbons (Fsp3) is 0.143. The van der Waals surface area contributed by atoms with Gasteiger partial charge in [-0.25, -0.2) is 0 Å². The third-order valence-electron chi connectivity index (χ3n) is 2.64. The number of benzene rings is 2. The van der Waals surface area contributed by atoms with Crippen LogP contribution in [-0.2, 0) is 6.54 Å². The van der Waals surface area contributed by atoms with E-state index in [1.807, 2.05) is 12.1 Å². The first-order valence-corrected chi connectivity index (χ1v) is 6.99. The molecule has 0 spiro atoms. The highest BCUT2D eigenvalue weighted by molar-refractivity contribution is 9.10. The lowest BCUT2D eigenvalue weighted by Crippen LogP contribution is -2.01. The van der Waals surface area contributed by atoms with Crippen LogP contribution >= 0.6 is 31.9 Å². The molecule has 3 heteroatoms. The van der Waals surface area contributed by atoms with Crippen molar-refractivity contribution in [3.05, 3.63) is 62.5 Å². The van der Waals surface area contributed by atoms with Gasteiger partial charge in [0.15, 0.2) is 0 Å². The van der Waals surface area contributed by atoms with Crippen molar-refractivity contribution in [3.63, 3.8) is 0 Å². The summed E-state index contributed by atoms with van der Waals surface area (Å²) >= 11 is 7.02. The summed E-state index contributed by atoms with van der Waals surface area (Å²) in [5, 5.41) is 3.45. The zero-order chi connectivity index (χ0) is 12.3. The van der Waals surface area contributed by atoms with Gasteiger partial charge in [-0.1, -0.05) is 50.1 Å². The summed E-state index contributed by atoms with van der Waals surface area (Å²) < 4.78 is 2.25. The van der Waals surface area contributed by atoms with Crippen molar-refractivity contribution in [1.82, 2.24) is 0 Å². The molecule has 2 rings (SSSR count). The van der Waals surface area contributed by atoms with Crippen LogP contribution in [0.3, 0.4) is 0 Å². The molecule has 0 saturated heterocycles. The topological polar surface area (TPSA) is 12.0 Å². The maximum atomic E-state index is 3.54. The molecule has 88 valence electrons. The molecule has 2 aromatic rings. The van der Waals surface area contributed by atoms with E-state index >= 15 is 0 Å². The van der Waals surface area contributed by atoms with Gasteiger partial charge in [-0.05, 0) is 42.3 Å². The largest absolute Gasteiger partial charge is 0.381 e. The molecule has 1 N–H and O–H groups in total. The van der Waals surface area contributed by atoms with Crippen LogP contribution in [0, 0.1) is 6.92 Å². The van der Waals surface area contributed by atoms with Crippen LogP contribution in [0.15, 0.2) is 51.4 Å². The highest BCUT2D eigenvalue weighted by Crippen LogP contribution is 2.24. The Morgan fingerprint density at radius 1 is 1.06 bits per heavy atom. The SMILES string of the molecule is Cc1c(Br)cccc1NCc1cccc(Br)c1. The van der Waals surface area contributed by atoms with Gasteiger partial charge < -0.3 is 5.32 Å². The van der Waals surface area contributed by atoms with Gasteiger partial charge in [0, 0.05) is 21.2 Å². The molecule has 0 bridgehead atoms. The fourth-order valence-corrected chi connectivity index (χ4v) is 2.46. The van der Waals surface area contributed by atoms with Crippen molar-refractivity contribution in [3.8, 4) is 0 Å². The summed E-state index contributed by atoms with van der Waals surface area (Å²) in [6.07, 6.45) is 0. The summed E-state index contributed by atoms with van der Waals surface area (Å²) in [6, 6.07) is 14.5. The van der Waals surface area contributed by atoms with Gasteiger partial charge in [0.25, 0.3) is 0 Å². The normalized spacial score (nSPS) is 10.3. The highest BCUT2D eigenvalue weighted by Gasteiger charge is 2.01. The van der Waals surface area contributed by atoms with Crippen molar-refractivity contribution < 1.29 is 0 Å². The van der Waals surface area contributed by atoms with Gasteiger partial charge in [-0.3, -0.25) is 0 Å². The maximum absolute atomic E-state index is 3.54. The van der Waals surface area contributed by atoms with E-state index in [2.05, 4.69) is 74.4 Å². The van der Waals surface area contributed by atoms with Crippen LogP contribution < -0.4 is 5.32 Å². The molecule has 0 aromatic heterocycles. The van der Waals surface area contributed by atoms with E-state index in [9.17, 15) is 0 Å². The second-order valence-electron chi connectivity index (χ2n) is 3.90. The van der Waals surface area contributed by atoms with E-state index in [1.165, 1.54) is 16.8 Å². The number of rotatable bonds is 3. The first kappa shape index (κ1) is 12.7. The first-order valence-electron chi connectivity index (χ1n) is 5.40. The molecule has 0 amide bonds. The molecule has 0 aliphatic rings. The van der Waals surface area contributed by atoms with Crippen molar-refractivity contribution in [2.24, 2.45) is 0 Å². The van der Waals surface area contributed by atoms with Gasteiger partial charge in [0.05, 0.1) is 0 Å². The first-order chi connectivity index (χ1) is 8.16. The lowest BCUT2D eigenvalue weighted by molar-refractivity contribution is 1.13. The molecule has 0 unspecified atom stereocenters. The maximum Gasteiger partial charge on any atom is 0.0401 e. The molecule has 0 heterocycles. The number of anilines is 1. The minimum Gasteiger partial charge on any atom is -0.381 e. The third-order valence-corrected chi connectivity index (χ3v) is 3.99. The predicted molar refractivity (Wildman–Crippen MR) is 80.3 cm³/mol. The van der Waals surface area contributed by atoms with Crippen LogP contribution in [0.2, 0.25) is 0 Å². The minimum absolute atomic E-state index is 0.830. The molecule has 0 saturated carbocycles. The summed E-state index contributed by atoms with van der Waals surface area (Å²) in [5.41, 5.74) is 3.67. The molecule has 2 aromatic carbocycles. The lowest BCUT2D eigenvalue weighted by atomic mass is 10.2. The summed E-state index contributed by atoms with van der Waals surface area (Å²) in [7, 11) is 0. The Bertz CT molecular complexity index is 523. The van der Waals surface area contributed by atoms with Gasteiger partial charge in [-0.2, -0.15) is 0 Å². The monoisotopic (exact) mass is 353 g/mol. The second kappa shape index (κ2) is 5.69. The van der Waals surface area contributed by atoms with E-state index < -0.39 is 0 Å². The molecule has 0 atom stereocenters. The van der Waals surface area contributed by atoms with E-state index in [0.717, 1.165) is 15.5 Å². The molecule has 0 aliphatic heterocycles. The Hall–Kier alpha value is -0.800. The summed E-state index contributed by atoms with van der Waals surface area (Å²) in [6.45, 7) is 2.93. The smallest absolute Gasteiger partial charge is 0.0401 e. The third kappa shape index (κ3) is 3.33. The summed E-state index contributed by atoms with van der Waals surface area (Å²) in [4.78, 5) is 0. The van der Waals surface area contributed by atoms with Crippen molar-refractivity contribution >= 4 is 37.5 Å². The lowest BCUT2D eigenvalue weighted by Gasteiger charge is -2.11. The Balaban J connectivity index is 2.10. The van der Waals surface area contributed by atoms with Gasteiger partial charge in [-0.15, -0.1) is 0 Å². The fourth-order valence-electron chi connectivity index (χ4n) is 1.64. The molecular formula is C14H13Br2N.